The maximum absolute atomic E-state index is 12.6. The molecule has 2 saturated carbocycles. The van der Waals surface area contributed by atoms with Gasteiger partial charge < -0.3 is 14.6 Å². The average molecular weight is 354 g/mol. The Balaban J connectivity index is 2.36. The Kier molecular flexibility index (Phi) is 5.62. The highest BCUT2D eigenvalue weighted by atomic mass is 16.5. The SMILES string of the molecule is CC(=O)OC[C@@H](C)[C@@H]1CC[C@@]2(C)C(=O)CC[C@@](C)(O)[C@@H]2[C@H]1OC(C)=O. The Morgan fingerprint density at radius 2 is 1.88 bits per heavy atom. The van der Waals surface area contributed by atoms with Crippen LogP contribution in [0.3, 0.4) is 0 Å². The number of rotatable bonds is 4. The highest BCUT2D eigenvalue weighted by Crippen LogP contribution is 2.55. The number of hydrogen-bond acceptors (Lipinski definition) is 6. The second-order valence-corrected chi connectivity index (χ2v) is 8.23. The zero-order chi connectivity index (χ0) is 19.0. The van der Waals surface area contributed by atoms with Crippen molar-refractivity contribution in [2.24, 2.45) is 23.2 Å². The van der Waals surface area contributed by atoms with Gasteiger partial charge in [0.15, 0.2) is 0 Å². The molecule has 1 N–H and O–H groups in total. The van der Waals surface area contributed by atoms with Crippen LogP contribution in [0.4, 0.5) is 0 Å². The van der Waals surface area contributed by atoms with Crippen LogP contribution in [0.5, 0.6) is 0 Å². The molecule has 6 heteroatoms. The molecule has 0 amide bonds. The molecule has 0 spiro atoms. The van der Waals surface area contributed by atoms with Gasteiger partial charge in [0.25, 0.3) is 0 Å². The van der Waals surface area contributed by atoms with Crippen molar-refractivity contribution in [3.05, 3.63) is 0 Å². The van der Waals surface area contributed by atoms with Gasteiger partial charge in [-0.3, -0.25) is 14.4 Å². The lowest BCUT2D eigenvalue weighted by Crippen LogP contribution is -2.63. The molecule has 0 unspecified atom stereocenters. The summed E-state index contributed by atoms with van der Waals surface area (Å²) >= 11 is 0. The van der Waals surface area contributed by atoms with E-state index >= 15 is 0 Å². The lowest BCUT2D eigenvalue weighted by Gasteiger charge is -2.56. The van der Waals surface area contributed by atoms with Crippen LogP contribution in [0.15, 0.2) is 0 Å². The van der Waals surface area contributed by atoms with Gasteiger partial charge in [-0.2, -0.15) is 0 Å². The van der Waals surface area contributed by atoms with Gasteiger partial charge in [-0.05, 0) is 32.1 Å². The van der Waals surface area contributed by atoms with E-state index in [1.807, 2.05) is 13.8 Å². The van der Waals surface area contributed by atoms with E-state index in [-0.39, 0.29) is 30.2 Å². The minimum atomic E-state index is -1.08. The Labute approximate surface area is 149 Å². The zero-order valence-corrected chi connectivity index (χ0v) is 15.8. The number of ether oxygens (including phenoxy) is 2. The third-order valence-corrected chi connectivity index (χ3v) is 6.18. The number of ketones is 1. The van der Waals surface area contributed by atoms with Crippen molar-refractivity contribution >= 4 is 17.7 Å². The van der Waals surface area contributed by atoms with Gasteiger partial charge in [0.05, 0.1) is 12.2 Å². The first-order chi connectivity index (χ1) is 11.5. The smallest absolute Gasteiger partial charge is 0.302 e. The summed E-state index contributed by atoms with van der Waals surface area (Å²) in [4.78, 5) is 35.5. The number of aliphatic hydroxyl groups is 1. The summed E-state index contributed by atoms with van der Waals surface area (Å²) in [5.74, 6) is -1.20. The molecule has 0 radical (unpaired) electrons. The molecule has 0 aromatic rings. The summed E-state index contributed by atoms with van der Waals surface area (Å²) in [7, 11) is 0. The molecular formula is C19H30O6. The van der Waals surface area contributed by atoms with Crippen LogP contribution in [0.1, 0.15) is 60.3 Å². The molecule has 2 fully saturated rings. The van der Waals surface area contributed by atoms with Crippen LogP contribution >= 0.6 is 0 Å². The van der Waals surface area contributed by atoms with Crippen molar-refractivity contribution in [2.45, 2.75) is 72.0 Å². The number of hydrogen-bond donors (Lipinski definition) is 1. The third kappa shape index (κ3) is 3.89. The number of fused-ring (bicyclic) bond motifs is 1. The Bertz CT molecular complexity index is 554. The van der Waals surface area contributed by atoms with Crippen molar-refractivity contribution in [3.63, 3.8) is 0 Å². The number of carbonyl (C=O) groups excluding carboxylic acids is 3. The minimum Gasteiger partial charge on any atom is -0.466 e. The maximum Gasteiger partial charge on any atom is 0.302 e. The standard InChI is InChI=1S/C19H30O6/c1-11(10-24-12(2)20)14-6-8-18(4)15(22)7-9-19(5,23)17(18)16(14)25-13(3)21/h11,14,16-17,23H,6-10H2,1-5H3/t11-,14+,16+,17-,18+,19-/m1/s1. The number of esters is 2. The van der Waals surface area contributed by atoms with E-state index in [2.05, 4.69) is 0 Å². The third-order valence-electron chi connectivity index (χ3n) is 6.18. The minimum absolute atomic E-state index is 0.0365. The van der Waals surface area contributed by atoms with Crippen molar-refractivity contribution in [1.82, 2.24) is 0 Å². The van der Waals surface area contributed by atoms with E-state index in [1.165, 1.54) is 13.8 Å². The van der Waals surface area contributed by atoms with Crippen molar-refractivity contribution < 1.29 is 29.0 Å². The van der Waals surface area contributed by atoms with Gasteiger partial charge in [-0.1, -0.05) is 13.8 Å². The van der Waals surface area contributed by atoms with Gasteiger partial charge in [0.2, 0.25) is 0 Å². The molecule has 0 aliphatic heterocycles. The van der Waals surface area contributed by atoms with Crippen LogP contribution in [0.2, 0.25) is 0 Å². The van der Waals surface area contributed by atoms with Gasteiger partial charge >= 0.3 is 11.9 Å². The summed E-state index contributed by atoms with van der Waals surface area (Å²) in [5.41, 5.74) is -1.78. The second-order valence-electron chi connectivity index (χ2n) is 8.23. The highest BCUT2D eigenvalue weighted by molar-refractivity contribution is 5.86. The van der Waals surface area contributed by atoms with Crippen LogP contribution in [-0.2, 0) is 23.9 Å². The first kappa shape index (κ1) is 19.9. The Morgan fingerprint density at radius 1 is 1.24 bits per heavy atom. The normalized spacial score (nSPS) is 39.3. The van der Waals surface area contributed by atoms with Gasteiger partial charge in [-0.15, -0.1) is 0 Å². The number of Topliss-reactive ketones (excluding diaryl/α,β-unsaturated/α-hetero) is 1. The van der Waals surface area contributed by atoms with Gasteiger partial charge in [-0.25, -0.2) is 0 Å². The predicted molar refractivity (Wildman–Crippen MR) is 90.5 cm³/mol. The Hall–Kier alpha value is -1.43. The lowest BCUT2D eigenvalue weighted by molar-refractivity contribution is -0.205. The van der Waals surface area contributed by atoms with Gasteiger partial charge in [0.1, 0.15) is 11.9 Å². The lowest BCUT2D eigenvalue weighted by atomic mass is 9.51. The summed E-state index contributed by atoms with van der Waals surface area (Å²) < 4.78 is 10.8. The number of carbonyl (C=O) groups is 3. The molecule has 0 aromatic heterocycles. The second kappa shape index (κ2) is 7.06. The summed E-state index contributed by atoms with van der Waals surface area (Å²) in [6.45, 7) is 8.51. The average Bonchev–Trinajstić information content (AvgIpc) is 2.48. The molecule has 142 valence electrons. The van der Waals surface area contributed by atoms with Gasteiger partial charge in [0, 0.05) is 37.5 Å². The highest BCUT2D eigenvalue weighted by Gasteiger charge is 2.61. The fourth-order valence-corrected chi connectivity index (χ4v) is 4.88. The van der Waals surface area contributed by atoms with E-state index in [4.69, 9.17) is 9.47 Å². The molecule has 25 heavy (non-hydrogen) atoms. The molecule has 2 rings (SSSR count). The molecule has 0 heterocycles. The van der Waals surface area contributed by atoms with E-state index < -0.39 is 29.0 Å². The maximum atomic E-state index is 12.6. The molecule has 6 atom stereocenters. The van der Waals surface area contributed by atoms with E-state index in [1.54, 1.807) is 6.92 Å². The van der Waals surface area contributed by atoms with Crippen LogP contribution in [-0.4, -0.2) is 41.1 Å². The quantitative estimate of drug-likeness (QED) is 0.779. The van der Waals surface area contributed by atoms with Crippen molar-refractivity contribution in [2.75, 3.05) is 6.61 Å². The van der Waals surface area contributed by atoms with E-state index in [9.17, 15) is 19.5 Å². The zero-order valence-electron chi connectivity index (χ0n) is 15.8. The molecule has 6 nitrogen and oxygen atoms in total. The largest absolute Gasteiger partial charge is 0.466 e. The first-order valence-electron chi connectivity index (χ1n) is 9.05. The van der Waals surface area contributed by atoms with E-state index in [0.29, 0.717) is 25.7 Å². The molecular weight excluding hydrogens is 324 g/mol. The Morgan fingerprint density at radius 3 is 2.44 bits per heavy atom. The van der Waals surface area contributed by atoms with Crippen molar-refractivity contribution in [3.8, 4) is 0 Å². The molecule has 0 saturated heterocycles. The molecule has 0 aromatic carbocycles. The first-order valence-corrected chi connectivity index (χ1v) is 9.05. The monoisotopic (exact) mass is 354 g/mol. The molecule has 0 bridgehead atoms. The predicted octanol–water partition coefficient (Wildman–Crippen LogP) is 2.26. The van der Waals surface area contributed by atoms with Crippen LogP contribution in [0, 0.1) is 23.2 Å². The molecule has 2 aliphatic rings. The van der Waals surface area contributed by atoms with Crippen LogP contribution < -0.4 is 0 Å². The fraction of sp³-hybridized carbons (Fsp3) is 0.842. The molecule has 2 aliphatic carbocycles. The van der Waals surface area contributed by atoms with E-state index in [0.717, 1.165) is 0 Å². The fourth-order valence-electron chi connectivity index (χ4n) is 4.88. The van der Waals surface area contributed by atoms with Crippen LogP contribution in [0.25, 0.3) is 0 Å². The summed E-state index contributed by atoms with van der Waals surface area (Å²) in [6.07, 6.45) is 1.48. The topological polar surface area (TPSA) is 89.9 Å². The summed E-state index contributed by atoms with van der Waals surface area (Å²) in [6, 6.07) is 0. The van der Waals surface area contributed by atoms with Crippen molar-refractivity contribution in [1.29, 1.82) is 0 Å². The summed E-state index contributed by atoms with van der Waals surface area (Å²) in [5, 5.41) is 11.0.